The number of ether oxygens (including phenoxy) is 1. The third-order valence-electron chi connectivity index (χ3n) is 5.22. The van der Waals surface area contributed by atoms with Gasteiger partial charge in [0.2, 0.25) is 5.91 Å². The van der Waals surface area contributed by atoms with Gasteiger partial charge in [0.15, 0.2) is 0 Å². The van der Waals surface area contributed by atoms with E-state index in [1.54, 1.807) is 0 Å². The van der Waals surface area contributed by atoms with Crippen LogP contribution in [0, 0.1) is 12.8 Å². The minimum Gasteiger partial charge on any atom is -0.381 e. The van der Waals surface area contributed by atoms with Crippen LogP contribution >= 0.6 is 0 Å². The molecule has 0 bridgehead atoms. The zero-order valence-electron chi connectivity index (χ0n) is 14.1. The van der Waals surface area contributed by atoms with Crippen molar-refractivity contribution in [2.45, 2.75) is 45.1 Å². The van der Waals surface area contributed by atoms with E-state index in [2.05, 4.69) is 9.88 Å². The van der Waals surface area contributed by atoms with E-state index < -0.39 is 0 Å². The lowest BCUT2D eigenvalue weighted by Crippen LogP contribution is -2.44. The highest BCUT2D eigenvalue weighted by atomic mass is 16.5. The van der Waals surface area contributed by atoms with E-state index in [0.717, 1.165) is 55.7 Å². The summed E-state index contributed by atoms with van der Waals surface area (Å²) >= 11 is 0. The van der Waals surface area contributed by atoms with E-state index in [1.807, 2.05) is 29.9 Å². The molecule has 2 fully saturated rings. The van der Waals surface area contributed by atoms with Gasteiger partial charge in [0.1, 0.15) is 12.2 Å². The zero-order chi connectivity index (χ0) is 16.5. The molecule has 0 spiro atoms. The van der Waals surface area contributed by atoms with E-state index in [4.69, 9.17) is 9.72 Å². The van der Waals surface area contributed by atoms with Crippen LogP contribution in [0.25, 0.3) is 5.52 Å². The molecule has 0 N–H and O–H groups in total. The lowest BCUT2D eigenvalue weighted by atomic mass is 9.94. The van der Waals surface area contributed by atoms with Crippen molar-refractivity contribution >= 4 is 11.4 Å². The lowest BCUT2D eigenvalue weighted by Gasteiger charge is -2.38. The molecular weight excluding hydrogens is 304 g/mol. The predicted octanol–water partition coefficient (Wildman–Crippen LogP) is 2.52. The summed E-state index contributed by atoms with van der Waals surface area (Å²) in [6.45, 7) is 4.23. The quantitative estimate of drug-likeness (QED) is 0.850. The molecule has 2 aromatic rings. The Balaban J connectivity index is 1.68. The van der Waals surface area contributed by atoms with Crippen molar-refractivity contribution in [1.82, 2.24) is 19.3 Å². The van der Waals surface area contributed by atoms with Crippen LogP contribution in [0.3, 0.4) is 0 Å². The number of hydrogen-bond acceptors (Lipinski definition) is 4. The maximum absolute atomic E-state index is 13.1. The van der Waals surface area contributed by atoms with Crippen molar-refractivity contribution < 1.29 is 9.53 Å². The van der Waals surface area contributed by atoms with Crippen LogP contribution in [-0.4, -0.2) is 44.9 Å². The number of piperidine rings is 1. The summed E-state index contributed by atoms with van der Waals surface area (Å²) in [5.74, 6) is 1.32. The summed E-state index contributed by atoms with van der Waals surface area (Å²) in [5.41, 5.74) is 2.02. The zero-order valence-corrected chi connectivity index (χ0v) is 14.1. The molecule has 4 rings (SSSR count). The van der Waals surface area contributed by atoms with Crippen molar-refractivity contribution in [3.63, 3.8) is 0 Å². The van der Waals surface area contributed by atoms with Crippen LogP contribution in [0.5, 0.6) is 0 Å². The predicted molar refractivity (Wildman–Crippen MR) is 89.6 cm³/mol. The number of aryl methyl sites for hydroxylation is 1. The first-order valence-electron chi connectivity index (χ1n) is 8.92. The van der Waals surface area contributed by atoms with Gasteiger partial charge in [0, 0.05) is 31.4 Å². The normalized spacial score (nSPS) is 22.9. The van der Waals surface area contributed by atoms with E-state index in [0.29, 0.717) is 13.2 Å². The molecule has 1 atom stereocenters. The Morgan fingerprint density at radius 2 is 2.08 bits per heavy atom. The third-order valence-corrected chi connectivity index (χ3v) is 5.22. The highest BCUT2D eigenvalue weighted by Crippen LogP contribution is 2.33. The molecule has 0 aromatic carbocycles. The second-order valence-electron chi connectivity index (χ2n) is 6.87. The molecule has 2 aliphatic rings. The van der Waals surface area contributed by atoms with Crippen LogP contribution in [-0.2, 0) is 9.53 Å². The molecule has 0 aliphatic carbocycles. The van der Waals surface area contributed by atoms with Gasteiger partial charge in [-0.2, -0.15) is 0 Å². The Kier molecular flexibility index (Phi) is 4.22. The Labute approximate surface area is 141 Å². The van der Waals surface area contributed by atoms with Crippen molar-refractivity contribution in [3.05, 3.63) is 30.1 Å². The standard InChI is InChI=1S/C18H24N4O2/c1-13-10-15-11-19-12-22(15)17(20-13)16-4-2-3-7-21(16)18(23)14-5-8-24-9-6-14/h10-12,14,16H,2-9H2,1H3/t16-/m0/s1. The minimum absolute atomic E-state index is 0.0469. The summed E-state index contributed by atoms with van der Waals surface area (Å²) in [6.07, 6.45) is 8.51. The molecule has 128 valence electrons. The fraction of sp³-hybridized carbons (Fsp3) is 0.611. The first-order chi connectivity index (χ1) is 11.7. The van der Waals surface area contributed by atoms with Gasteiger partial charge in [-0.3, -0.25) is 9.20 Å². The van der Waals surface area contributed by atoms with E-state index >= 15 is 0 Å². The van der Waals surface area contributed by atoms with Gasteiger partial charge < -0.3 is 9.64 Å². The first kappa shape index (κ1) is 15.6. The maximum atomic E-state index is 13.1. The molecular formula is C18H24N4O2. The molecule has 6 heteroatoms. The highest BCUT2D eigenvalue weighted by molar-refractivity contribution is 5.79. The number of imidazole rings is 1. The number of fused-ring (bicyclic) bond motifs is 1. The first-order valence-corrected chi connectivity index (χ1v) is 8.92. The molecule has 0 saturated carbocycles. The van der Waals surface area contributed by atoms with Gasteiger partial charge in [-0.05, 0) is 45.1 Å². The second kappa shape index (κ2) is 6.51. The van der Waals surface area contributed by atoms with Crippen LogP contribution in [0.15, 0.2) is 18.6 Å². The molecule has 2 saturated heterocycles. The smallest absolute Gasteiger partial charge is 0.226 e. The van der Waals surface area contributed by atoms with Crippen molar-refractivity contribution in [1.29, 1.82) is 0 Å². The van der Waals surface area contributed by atoms with Crippen molar-refractivity contribution in [2.75, 3.05) is 19.8 Å². The number of carbonyl (C=O) groups is 1. The average Bonchev–Trinajstić information content (AvgIpc) is 3.09. The fourth-order valence-corrected chi connectivity index (χ4v) is 3.96. The van der Waals surface area contributed by atoms with Crippen LogP contribution in [0.1, 0.15) is 49.7 Å². The minimum atomic E-state index is 0.0469. The molecule has 6 nitrogen and oxygen atoms in total. The fourth-order valence-electron chi connectivity index (χ4n) is 3.96. The molecule has 4 heterocycles. The van der Waals surface area contributed by atoms with Gasteiger partial charge in [-0.15, -0.1) is 0 Å². The number of aromatic nitrogens is 3. The summed E-state index contributed by atoms with van der Waals surface area (Å²) in [4.78, 5) is 24.2. The molecule has 2 aromatic heterocycles. The van der Waals surface area contributed by atoms with Gasteiger partial charge in [0.25, 0.3) is 0 Å². The summed E-state index contributed by atoms with van der Waals surface area (Å²) in [6, 6.07) is 2.08. The Morgan fingerprint density at radius 3 is 2.92 bits per heavy atom. The topological polar surface area (TPSA) is 59.7 Å². The van der Waals surface area contributed by atoms with Gasteiger partial charge >= 0.3 is 0 Å². The maximum Gasteiger partial charge on any atom is 0.226 e. The Morgan fingerprint density at radius 1 is 1.25 bits per heavy atom. The van der Waals surface area contributed by atoms with Crippen LogP contribution in [0.4, 0.5) is 0 Å². The second-order valence-corrected chi connectivity index (χ2v) is 6.87. The van der Waals surface area contributed by atoms with Crippen LogP contribution < -0.4 is 0 Å². The number of rotatable bonds is 2. The highest BCUT2D eigenvalue weighted by Gasteiger charge is 2.34. The van der Waals surface area contributed by atoms with Crippen molar-refractivity contribution in [3.8, 4) is 0 Å². The molecule has 0 unspecified atom stereocenters. The summed E-state index contributed by atoms with van der Waals surface area (Å²) in [5, 5.41) is 0. The van der Waals surface area contributed by atoms with Crippen molar-refractivity contribution in [2.24, 2.45) is 5.92 Å². The molecule has 24 heavy (non-hydrogen) atoms. The van der Waals surface area contributed by atoms with Crippen LogP contribution in [0.2, 0.25) is 0 Å². The number of likely N-dealkylation sites (tertiary alicyclic amines) is 1. The Hall–Kier alpha value is -1.95. The Bertz CT molecular complexity index is 736. The summed E-state index contributed by atoms with van der Waals surface area (Å²) < 4.78 is 7.45. The van der Waals surface area contributed by atoms with Gasteiger partial charge in [-0.25, -0.2) is 9.97 Å². The number of amides is 1. The molecule has 2 aliphatic heterocycles. The van der Waals surface area contributed by atoms with E-state index in [1.165, 1.54) is 0 Å². The monoisotopic (exact) mass is 328 g/mol. The molecule has 0 radical (unpaired) electrons. The van der Waals surface area contributed by atoms with E-state index in [9.17, 15) is 4.79 Å². The largest absolute Gasteiger partial charge is 0.381 e. The third kappa shape index (κ3) is 2.79. The van der Waals surface area contributed by atoms with E-state index in [-0.39, 0.29) is 17.9 Å². The summed E-state index contributed by atoms with van der Waals surface area (Å²) in [7, 11) is 0. The van der Waals surface area contributed by atoms with Gasteiger partial charge in [0.05, 0.1) is 17.8 Å². The lowest BCUT2D eigenvalue weighted by molar-refractivity contribution is -0.142. The number of nitrogens with zero attached hydrogens (tertiary/aromatic N) is 4. The van der Waals surface area contributed by atoms with Gasteiger partial charge in [-0.1, -0.05) is 0 Å². The average molecular weight is 328 g/mol. The number of hydrogen-bond donors (Lipinski definition) is 0. The SMILES string of the molecule is Cc1cc2cncn2c([C@@H]2CCCCN2C(=O)C2CCOCC2)n1. The number of carbonyl (C=O) groups excluding carboxylic acids is 1. The molecule has 1 amide bonds.